The van der Waals surface area contributed by atoms with Gasteiger partial charge in [0.15, 0.2) is 5.65 Å². The second-order valence-corrected chi connectivity index (χ2v) is 3.54. The summed E-state index contributed by atoms with van der Waals surface area (Å²) in [5, 5.41) is 0. The maximum atomic E-state index is 5.35. The number of aromatic amines is 1. The molecule has 1 fully saturated rings. The molecule has 1 atom stereocenters. The van der Waals surface area contributed by atoms with Crippen molar-refractivity contribution in [1.82, 2.24) is 15.0 Å². The minimum Gasteiger partial charge on any atom is -0.378 e. The second kappa shape index (κ2) is 3.06. The predicted molar refractivity (Wildman–Crippen MR) is 51.9 cm³/mol. The van der Waals surface area contributed by atoms with Gasteiger partial charge in [0, 0.05) is 19.2 Å². The molecule has 3 rings (SSSR count). The molecule has 1 saturated heterocycles. The summed E-state index contributed by atoms with van der Waals surface area (Å²) in [6.07, 6.45) is 4.13. The van der Waals surface area contributed by atoms with Crippen molar-refractivity contribution in [2.24, 2.45) is 0 Å². The molecule has 0 amide bonds. The van der Waals surface area contributed by atoms with E-state index >= 15 is 0 Å². The molecule has 2 aromatic heterocycles. The van der Waals surface area contributed by atoms with Crippen molar-refractivity contribution in [3.63, 3.8) is 0 Å². The lowest BCUT2D eigenvalue weighted by atomic mass is 10.1. The Balaban J connectivity index is 1.89. The van der Waals surface area contributed by atoms with Crippen LogP contribution in [0.25, 0.3) is 11.2 Å². The Kier molecular flexibility index (Phi) is 1.73. The summed E-state index contributed by atoms with van der Waals surface area (Å²) < 4.78 is 5.35. The average molecular weight is 189 g/mol. The smallest absolute Gasteiger partial charge is 0.177 e. The fourth-order valence-electron chi connectivity index (χ4n) is 1.65. The van der Waals surface area contributed by atoms with Gasteiger partial charge in [-0.1, -0.05) is 0 Å². The summed E-state index contributed by atoms with van der Waals surface area (Å²) >= 11 is 0. The summed E-state index contributed by atoms with van der Waals surface area (Å²) in [4.78, 5) is 11.8. The van der Waals surface area contributed by atoms with Crippen molar-refractivity contribution in [3.8, 4) is 0 Å². The third kappa shape index (κ3) is 1.28. The van der Waals surface area contributed by atoms with E-state index in [1.807, 2.05) is 12.1 Å². The van der Waals surface area contributed by atoms with Gasteiger partial charge < -0.3 is 9.72 Å². The van der Waals surface area contributed by atoms with Gasteiger partial charge in [0.05, 0.1) is 11.6 Å². The average Bonchev–Trinajstić information content (AvgIpc) is 2.53. The molecular formula is C10H11N3O. The Bertz CT molecular complexity index is 414. The number of ether oxygens (including phenoxy) is 1. The van der Waals surface area contributed by atoms with Crippen LogP contribution in [0.3, 0.4) is 0 Å². The van der Waals surface area contributed by atoms with Crippen molar-refractivity contribution in [2.45, 2.75) is 18.9 Å². The molecule has 1 unspecified atom stereocenters. The van der Waals surface area contributed by atoms with Crippen molar-refractivity contribution < 1.29 is 4.74 Å². The zero-order valence-electron chi connectivity index (χ0n) is 7.73. The minimum atomic E-state index is 0.357. The lowest BCUT2D eigenvalue weighted by Gasteiger charge is -2.25. The summed E-state index contributed by atoms with van der Waals surface area (Å²) in [5.74, 6) is 0.975. The number of H-pyrrole nitrogens is 1. The summed E-state index contributed by atoms with van der Waals surface area (Å²) in [5.41, 5.74) is 1.80. The van der Waals surface area contributed by atoms with Gasteiger partial charge in [-0.3, -0.25) is 0 Å². The molecule has 14 heavy (non-hydrogen) atoms. The predicted octanol–water partition coefficient (Wildman–Crippen LogP) is 1.29. The highest BCUT2D eigenvalue weighted by atomic mass is 16.5. The first-order valence-corrected chi connectivity index (χ1v) is 4.83. The number of fused-ring (bicyclic) bond motifs is 1. The van der Waals surface area contributed by atoms with Gasteiger partial charge in [-0.15, -0.1) is 0 Å². The second-order valence-electron chi connectivity index (χ2n) is 3.54. The van der Waals surface area contributed by atoms with Crippen LogP contribution in [0.5, 0.6) is 0 Å². The number of nitrogens with one attached hydrogen (secondary N) is 1. The highest BCUT2D eigenvalue weighted by Gasteiger charge is 2.19. The van der Waals surface area contributed by atoms with Crippen LogP contribution in [0, 0.1) is 0 Å². The molecule has 1 N–H and O–H groups in total. The molecule has 72 valence electrons. The van der Waals surface area contributed by atoms with E-state index in [0.717, 1.165) is 36.4 Å². The number of rotatable bonds is 2. The van der Waals surface area contributed by atoms with Crippen molar-refractivity contribution in [2.75, 3.05) is 6.61 Å². The van der Waals surface area contributed by atoms with Crippen LogP contribution < -0.4 is 0 Å². The first-order chi connectivity index (χ1) is 6.92. The molecule has 0 aromatic carbocycles. The molecular weight excluding hydrogens is 178 g/mol. The Labute approximate surface area is 81.3 Å². The van der Waals surface area contributed by atoms with Crippen LogP contribution in [0.15, 0.2) is 18.3 Å². The van der Waals surface area contributed by atoms with Crippen LogP contribution in [-0.4, -0.2) is 27.7 Å². The van der Waals surface area contributed by atoms with Gasteiger partial charge in [0.2, 0.25) is 0 Å². The molecule has 0 saturated carbocycles. The lowest BCUT2D eigenvalue weighted by Crippen LogP contribution is -2.29. The number of hydrogen-bond acceptors (Lipinski definition) is 3. The van der Waals surface area contributed by atoms with Crippen LogP contribution >= 0.6 is 0 Å². The van der Waals surface area contributed by atoms with E-state index < -0.39 is 0 Å². The molecule has 4 nitrogen and oxygen atoms in total. The monoisotopic (exact) mass is 189 g/mol. The number of imidazole rings is 1. The van der Waals surface area contributed by atoms with E-state index in [2.05, 4.69) is 15.0 Å². The molecule has 4 heteroatoms. The lowest BCUT2D eigenvalue weighted by molar-refractivity contribution is -0.0500. The SMILES string of the molecule is c1cnc2nc(CC3CCO3)[nH]c2c1. The van der Waals surface area contributed by atoms with E-state index in [9.17, 15) is 0 Å². The molecule has 1 aliphatic rings. The molecule has 2 aromatic rings. The van der Waals surface area contributed by atoms with Crippen LogP contribution in [0.1, 0.15) is 12.2 Å². The first kappa shape index (κ1) is 7.94. The van der Waals surface area contributed by atoms with Gasteiger partial charge >= 0.3 is 0 Å². The molecule has 3 heterocycles. The summed E-state index contributed by atoms with van der Waals surface area (Å²) in [6, 6.07) is 3.89. The topological polar surface area (TPSA) is 50.8 Å². The zero-order valence-corrected chi connectivity index (χ0v) is 7.73. The standard InChI is InChI=1S/C10H11N3O/c1-2-8-10(11-4-1)13-9(12-8)6-7-3-5-14-7/h1-2,4,7H,3,5-6H2,(H,11,12,13). The quantitative estimate of drug-likeness (QED) is 0.774. The fraction of sp³-hybridized carbons (Fsp3) is 0.400. The first-order valence-electron chi connectivity index (χ1n) is 4.83. The highest BCUT2D eigenvalue weighted by Crippen LogP contribution is 2.16. The third-order valence-electron chi connectivity index (χ3n) is 2.52. The minimum absolute atomic E-state index is 0.357. The largest absolute Gasteiger partial charge is 0.378 e. The van der Waals surface area contributed by atoms with Gasteiger partial charge in [-0.2, -0.15) is 0 Å². The number of nitrogens with zero attached hydrogens (tertiary/aromatic N) is 2. The van der Waals surface area contributed by atoms with Gasteiger partial charge in [0.1, 0.15) is 5.82 Å². The molecule has 0 radical (unpaired) electrons. The van der Waals surface area contributed by atoms with E-state index in [4.69, 9.17) is 4.74 Å². The Hall–Kier alpha value is -1.42. The molecule has 0 bridgehead atoms. The van der Waals surface area contributed by atoms with Crippen molar-refractivity contribution in [1.29, 1.82) is 0 Å². The fourth-order valence-corrected chi connectivity index (χ4v) is 1.65. The maximum absolute atomic E-state index is 5.35. The zero-order chi connectivity index (χ0) is 9.38. The normalized spacial score (nSPS) is 21.0. The Morgan fingerprint density at radius 3 is 3.21 bits per heavy atom. The van der Waals surface area contributed by atoms with E-state index in [1.54, 1.807) is 6.20 Å². The van der Waals surface area contributed by atoms with Crippen LogP contribution in [-0.2, 0) is 11.2 Å². The van der Waals surface area contributed by atoms with Gasteiger partial charge in [0.25, 0.3) is 0 Å². The Morgan fingerprint density at radius 2 is 2.50 bits per heavy atom. The highest BCUT2D eigenvalue weighted by molar-refractivity contribution is 5.69. The third-order valence-corrected chi connectivity index (χ3v) is 2.52. The molecule has 0 spiro atoms. The number of aromatic nitrogens is 3. The summed E-state index contributed by atoms with van der Waals surface area (Å²) in [6.45, 7) is 0.892. The summed E-state index contributed by atoms with van der Waals surface area (Å²) in [7, 11) is 0. The van der Waals surface area contributed by atoms with Crippen molar-refractivity contribution in [3.05, 3.63) is 24.2 Å². The molecule has 1 aliphatic heterocycles. The van der Waals surface area contributed by atoms with Crippen molar-refractivity contribution >= 4 is 11.2 Å². The maximum Gasteiger partial charge on any atom is 0.177 e. The van der Waals surface area contributed by atoms with Crippen LogP contribution in [0.2, 0.25) is 0 Å². The van der Waals surface area contributed by atoms with Gasteiger partial charge in [-0.05, 0) is 18.6 Å². The Morgan fingerprint density at radius 1 is 1.57 bits per heavy atom. The van der Waals surface area contributed by atoms with E-state index in [0.29, 0.717) is 6.10 Å². The van der Waals surface area contributed by atoms with Crippen LogP contribution in [0.4, 0.5) is 0 Å². The molecule has 0 aliphatic carbocycles. The number of pyridine rings is 1. The van der Waals surface area contributed by atoms with E-state index in [-0.39, 0.29) is 0 Å². The number of hydrogen-bond donors (Lipinski definition) is 1. The van der Waals surface area contributed by atoms with Gasteiger partial charge in [-0.25, -0.2) is 9.97 Å². The van der Waals surface area contributed by atoms with E-state index in [1.165, 1.54) is 0 Å².